The van der Waals surface area contributed by atoms with E-state index in [2.05, 4.69) is 4.84 Å². The minimum absolute atomic E-state index is 0.598. The number of nitrogens with two attached hydrogens (primary N) is 2. The van der Waals surface area contributed by atoms with Crippen molar-refractivity contribution in [3.8, 4) is 0 Å². The molecule has 0 amide bonds. The average molecular weight is 126 g/mol. The maximum absolute atomic E-state index is 5.48. The summed E-state index contributed by atoms with van der Waals surface area (Å²) in [4.78, 5) is 4.47. The van der Waals surface area contributed by atoms with Crippen LogP contribution in [0.4, 0.5) is 0 Å². The molecule has 1 aliphatic rings. The van der Waals surface area contributed by atoms with E-state index >= 15 is 0 Å². The van der Waals surface area contributed by atoms with E-state index in [0.717, 1.165) is 12.8 Å². The molecule has 50 valence electrons. The minimum atomic E-state index is 0.598. The third-order valence-electron chi connectivity index (χ3n) is 1.27. The van der Waals surface area contributed by atoms with Gasteiger partial charge in [-0.2, -0.15) is 5.90 Å². The second kappa shape index (κ2) is 2.55. The van der Waals surface area contributed by atoms with Crippen LogP contribution in [0.15, 0.2) is 23.6 Å². The SMILES string of the molecule is NOC1=CCCC=C1N. The number of allylic oxidation sites excluding steroid dienone is 2. The van der Waals surface area contributed by atoms with Gasteiger partial charge in [0.2, 0.25) is 0 Å². The topological polar surface area (TPSA) is 61.3 Å². The summed E-state index contributed by atoms with van der Waals surface area (Å²) in [5.41, 5.74) is 6.12. The summed E-state index contributed by atoms with van der Waals surface area (Å²) in [7, 11) is 0. The van der Waals surface area contributed by atoms with Crippen molar-refractivity contribution in [2.45, 2.75) is 12.8 Å². The largest absolute Gasteiger partial charge is 0.410 e. The normalized spacial score (nSPS) is 18.3. The molecule has 0 radical (unpaired) electrons. The highest BCUT2D eigenvalue weighted by molar-refractivity contribution is 5.25. The lowest BCUT2D eigenvalue weighted by Crippen LogP contribution is -2.10. The van der Waals surface area contributed by atoms with E-state index in [1.807, 2.05) is 12.2 Å². The monoisotopic (exact) mass is 126 g/mol. The summed E-state index contributed by atoms with van der Waals surface area (Å²) in [5, 5.41) is 0. The zero-order chi connectivity index (χ0) is 6.69. The third kappa shape index (κ3) is 1.23. The molecule has 0 spiro atoms. The lowest BCUT2D eigenvalue weighted by molar-refractivity contribution is 0.225. The van der Waals surface area contributed by atoms with Crippen LogP contribution in [0.2, 0.25) is 0 Å². The lowest BCUT2D eigenvalue weighted by Gasteiger charge is -2.08. The average Bonchev–Trinajstić information content (AvgIpc) is 1.89. The van der Waals surface area contributed by atoms with E-state index in [4.69, 9.17) is 11.6 Å². The van der Waals surface area contributed by atoms with E-state index in [1.165, 1.54) is 0 Å². The second-order valence-corrected chi connectivity index (χ2v) is 1.92. The van der Waals surface area contributed by atoms with Crippen LogP contribution in [0.3, 0.4) is 0 Å². The van der Waals surface area contributed by atoms with Gasteiger partial charge < -0.3 is 10.6 Å². The Morgan fingerprint density at radius 3 is 2.44 bits per heavy atom. The van der Waals surface area contributed by atoms with E-state index in [1.54, 1.807) is 0 Å². The summed E-state index contributed by atoms with van der Waals surface area (Å²) in [6, 6.07) is 0. The van der Waals surface area contributed by atoms with Crippen LogP contribution in [0, 0.1) is 0 Å². The molecule has 0 aromatic carbocycles. The molecule has 3 heteroatoms. The Balaban J connectivity index is 2.68. The maximum atomic E-state index is 5.48. The second-order valence-electron chi connectivity index (χ2n) is 1.92. The van der Waals surface area contributed by atoms with Crippen LogP contribution >= 0.6 is 0 Å². The van der Waals surface area contributed by atoms with Crippen LogP contribution in [-0.4, -0.2) is 0 Å². The van der Waals surface area contributed by atoms with Gasteiger partial charge in [0.05, 0.1) is 5.70 Å². The summed E-state index contributed by atoms with van der Waals surface area (Å²) in [5.74, 6) is 5.50. The summed E-state index contributed by atoms with van der Waals surface area (Å²) >= 11 is 0. The fourth-order valence-corrected chi connectivity index (χ4v) is 0.788. The van der Waals surface area contributed by atoms with Gasteiger partial charge in [-0.05, 0) is 18.9 Å². The van der Waals surface area contributed by atoms with Gasteiger partial charge in [0.1, 0.15) is 0 Å². The Hall–Kier alpha value is -0.960. The van der Waals surface area contributed by atoms with Gasteiger partial charge >= 0.3 is 0 Å². The fourth-order valence-electron chi connectivity index (χ4n) is 0.788. The predicted molar refractivity (Wildman–Crippen MR) is 34.9 cm³/mol. The summed E-state index contributed by atoms with van der Waals surface area (Å²) in [6.45, 7) is 0. The van der Waals surface area contributed by atoms with E-state index < -0.39 is 0 Å². The molecule has 0 fully saturated rings. The van der Waals surface area contributed by atoms with Gasteiger partial charge in [0.25, 0.3) is 0 Å². The maximum Gasteiger partial charge on any atom is 0.165 e. The lowest BCUT2D eigenvalue weighted by atomic mass is 10.1. The van der Waals surface area contributed by atoms with Gasteiger partial charge in [-0.25, -0.2) is 0 Å². The van der Waals surface area contributed by atoms with Crippen molar-refractivity contribution in [3.05, 3.63) is 23.6 Å². The van der Waals surface area contributed by atoms with Crippen molar-refractivity contribution in [2.24, 2.45) is 11.6 Å². The molecule has 0 aromatic heterocycles. The Bertz CT molecular complexity index is 160. The van der Waals surface area contributed by atoms with Crippen LogP contribution in [0.1, 0.15) is 12.8 Å². The molecule has 1 rings (SSSR count). The number of hydrogen-bond donors (Lipinski definition) is 2. The quantitative estimate of drug-likeness (QED) is 0.500. The van der Waals surface area contributed by atoms with Crippen molar-refractivity contribution >= 4 is 0 Å². The molecule has 4 N–H and O–H groups in total. The smallest absolute Gasteiger partial charge is 0.165 e. The molecular formula is C6H10N2O. The highest BCUT2D eigenvalue weighted by Gasteiger charge is 2.03. The Morgan fingerprint density at radius 2 is 2.00 bits per heavy atom. The molecular weight excluding hydrogens is 116 g/mol. The van der Waals surface area contributed by atoms with Crippen molar-refractivity contribution < 1.29 is 4.84 Å². The van der Waals surface area contributed by atoms with Gasteiger partial charge in [-0.3, -0.25) is 0 Å². The first-order valence-corrected chi connectivity index (χ1v) is 2.87. The van der Waals surface area contributed by atoms with Crippen LogP contribution < -0.4 is 11.6 Å². The first-order chi connectivity index (χ1) is 4.34. The van der Waals surface area contributed by atoms with Crippen molar-refractivity contribution in [1.82, 2.24) is 0 Å². The molecule has 9 heavy (non-hydrogen) atoms. The van der Waals surface area contributed by atoms with Gasteiger partial charge in [-0.15, -0.1) is 0 Å². The van der Waals surface area contributed by atoms with Crippen molar-refractivity contribution in [2.75, 3.05) is 0 Å². The molecule has 0 bridgehead atoms. The molecule has 1 aliphatic carbocycles. The first kappa shape index (κ1) is 6.16. The van der Waals surface area contributed by atoms with Crippen molar-refractivity contribution in [3.63, 3.8) is 0 Å². The summed E-state index contributed by atoms with van der Waals surface area (Å²) in [6.07, 6.45) is 5.74. The molecule has 0 saturated carbocycles. The third-order valence-corrected chi connectivity index (χ3v) is 1.27. The molecule has 0 saturated heterocycles. The molecule has 0 atom stereocenters. The highest BCUT2D eigenvalue weighted by Crippen LogP contribution is 2.12. The number of hydrogen-bond acceptors (Lipinski definition) is 3. The molecule has 0 aliphatic heterocycles. The van der Waals surface area contributed by atoms with Gasteiger partial charge in [0.15, 0.2) is 5.76 Å². The van der Waals surface area contributed by atoms with Crippen molar-refractivity contribution in [1.29, 1.82) is 0 Å². The summed E-state index contributed by atoms with van der Waals surface area (Å²) < 4.78 is 0. The molecule has 0 unspecified atom stereocenters. The molecule has 0 aromatic rings. The van der Waals surface area contributed by atoms with E-state index in [0.29, 0.717) is 11.5 Å². The van der Waals surface area contributed by atoms with Crippen LogP contribution in [0.5, 0.6) is 0 Å². The van der Waals surface area contributed by atoms with Gasteiger partial charge in [-0.1, -0.05) is 6.08 Å². The zero-order valence-corrected chi connectivity index (χ0v) is 5.13. The van der Waals surface area contributed by atoms with Gasteiger partial charge in [0, 0.05) is 0 Å². The minimum Gasteiger partial charge on any atom is -0.410 e. The molecule has 0 heterocycles. The zero-order valence-electron chi connectivity index (χ0n) is 5.13. The first-order valence-electron chi connectivity index (χ1n) is 2.87. The Kier molecular flexibility index (Phi) is 1.75. The Labute approximate surface area is 53.9 Å². The Morgan fingerprint density at radius 1 is 1.33 bits per heavy atom. The predicted octanol–water partition coefficient (Wildman–Crippen LogP) is 0.397. The highest BCUT2D eigenvalue weighted by atomic mass is 16.6. The van der Waals surface area contributed by atoms with E-state index in [-0.39, 0.29) is 0 Å². The fraction of sp³-hybridized carbons (Fsp3) is 0.333. The standard InChI is InChI=1S/C6H10N2O/c7-5-3-1-2-4-6(5)9-8/h3-4H,1-2,7-8H2. The van der Waals surface area contributed by atoms with E-state index in [9.17, 15) is 0 Å². The van der Waals surface area contributed by atoms with Crippen LogP contribution in [-0.2, 0) is 4.84 Å². The molecule has 3 nitrogen and oxygen atoms in total. The van der Waals surface area contributed by atoms with Crippen LogP contribution in [0.25, 0.3) is 0 Å². The number of rotatable bonds is 1.